The molecule has 0 radical (unpaired) electrons. The van der Waals surface area contributed by atoms with E-state index < -0.39 is 27.3 Å². The third-order valence-electron chi connectivity index (χ3n) is 2.67. The minimum atomic E-state index is -4.14. The molecule has 15 heavy (non-hydrogen) atoms. The molecule has 6 heteroatoms. The summed E-state index contributed by atoms with van der Waals surface area (Å²) in [5.41, 5.74) is 0. The van der Waals surface area contributed by atoms with E-state index in [1.807, 2.05) is 0 Å². The van der Waals surface area contributed by atoms with Crippen molar-refractivity contribution in [3.8, 4) is 0 Å². The molecule has 88 valence electrons. The van der Waals surface area contributed by atoms with Crippen LogP contribution in [0.15, 0.2) is 0 Å². The highest BCUT2D eigenvalue weighted by Gasteiger charge is 2.39. The van der Waals surface area contributed by atoms with Gasteiger partial charge in [-0.2, -0.15) is 8.42 Å². The van der Waals surface area contributed by atoms with Gasteiger partial charge in [0.2, 0.25) is 0 Å². The van der Waals surface area contributed by atoms with E-state index in [1.165, 1.54) is 0 Å². The van der Waals surface area contributed by atoms with Gasteiger partial charge in [0.25, 0.3) is 10.1 Å². The van der Waals surface area contributed by atoms with Crippen molar-refractivity contribution in [1.82, 2.24) is 0 Å². The molecule has 0 bridgehead atoms. The van der Waals surface area contributed by atoms with Gasteiger partial charge in [-0.3, -0.25) is 9.35 Å². The van der Waals surface area contributed by atoms with Gasteiger partial charge in [0, 0.05) is 0 Å². The lowest BCUT2D eigenvalue weighted by Crippen LogP contribution is -2.38. The number of esters is 1. The van der Waals surface area contributed by atoms with Crippen molar-refractivity contribution in [2.45, 2.75) is 37.9 Å². The van der Waals surface area contributed by atoms with Crippen LogP contribution in [0.25, 0.3) is 0 Å². The molecule has 0 heterocycles. The lowest BCUT2D eigenvalue weighted by molar-refractivity contribution is -0.148. The Hall–Kier alpha value is -0.620. The molecule has 0 spiro atoms. The number of carbonyl (C=O) groups is 1. The van der Waals surface area contributed by atoms with Gasteiger partial charge < -0.3 is 4.74 Å². The molecule has 1 rings (SSSR count). The van der Waals surface area contributed by atoms with E-state index in [2.05, 4.69) is 0 Å². The monoisotopic (exact) mass is 236 g/mol. The van der Waals surface area contributed by atoms with Gasteiger partial charge in [0.05, 0.1) is 17.8 Å². The summed E-state index contributed by atoms with van der Waals surface area (Å²) in [5.74, 6) is -1.21. The molecule has 0 amide bonds. The second-order valence-corrected chi connectivity index (χ2v) is 5.33. The van der Waals surface area contributed by atoms with Crippen molar-refractivity contribution in [2.75, 3.05) is 6.61 Å². The summed E-state index contributed by atoms with van der Waals surface area (Å²) in [4.78, 5) is 11.5. The molecule has 1 aliphatic rings. The Kier molecular flexibility index (Phi) is 4.10. The van der Waals surface area contributed by atoms with Crippen LogP contribution in [0.5, 0.6) is 0 Å². The average Bonchev–Trinajstić information content (AvgIpc) is 2.17. The maximum absolute atomic E-state index is 11.5. The van der Waals surface area contributed by atoms with Crippen molar-refractivity contribution in [3.05, 3.63) is 0 Å². The summed E-state index contributed by atoms with van der Waals surface area (Å²) < 4.78 is 35.9. The predicted molar refractivity (Wildman–Crippen MR) is 53.9 cm³/mol. The Morgan fingerprint density at radius 1 is 1.40 bits per heavy atom. The highest BCUT2D eigenvalue weighted by molar-refractivity contribution is 7.86. The summed E-state index contributed by atoms with van der Waals surface area (Å²) in [5, 5.41) is -0.981. The fourth-order valence-electron chi connectivity index (χ4n) is 1.97. The zero-order valence-corrected chi connectivity index (χ0v) is 9.50. The lowest BCUT2D eigenvalue weighted by Gasteiger charge is -2.27. The fraction of sp³-hybridized carbons (Fsp3) is 0.889. The molecule has 0 aromatic heterocycles. The molecular formula is C9H16O5S. The smallest absolute Gasteiger partial charge is 0.310 e. The van der Waals surface area contributed by atoms with Crippen LogP contribution in [0, 0.1) is 5.92 Å². The van der Waals surface area contributed by atoms with Crippen molar-refractivity contribution in [2.24, 2.45) is 5.92 Å². The standard InChI is InChI=1S/C9H16O5S/c1-2-14-9(10)7-5-3-4-6-8(7)15(11,12)13/h7-8H,2-6H2,1H3,(H,11,12,13). The summed E-state index contributed by atoms with van der Waals surface area (Å²) >= 11 is 0. The lowest BCUT2D eigenvalue weighted by atomic mass is 9.89. The van der Waals surface area contributed by atoms with Crippen LogP contribution < -0.4 is 0 Å². The third kappa shape index (κ3) is 3.17. The van der Waals surface area contributed by atoms with E-state index in [9.17, 15) is 13.2 Å². The van der Waals surface area contributed by atoms with Crippen LogP contribution in [0.2, 0.25) is 0 Å². The zero-order chi connectivity index (χ0) is 11.5. The van der Waals surface area contributed by atoms with Crippen LogP contribution in [0.1, 0.15) is 32.6 Å². The predicted octanol–water partition coefficient (Wildman–Crippen LogP) is 0.996. The summed E-state index contributed by atoms with van der Waals surface area (Å²) in [6.07, 6.45) is 2.33. The zero-order valence-electron chi connectivity index (χ0n) is 8.68. The fourth-order valence-corrected chi connectivity index (χ4v) is 3.10. The van der Waals surface area contributed by atoms with Crippen molar-refractivity contribution >= 4 is 16.1 Å². The first-order valence-electron chi connectivity index (χ1n) is 5.09. The first-order valence-corrected chi connectivity index (χ1v) is 6.60. The molecule has 5 nitrogen and oxygen atoms in total. The molecule has 2 atom stereocenters. The number of ether oxygens (including phenoxy) is 1. The SMILES string of the molecule is CCOC(=O)C1CCCCC1S(=O)(=O)O. The molecule has 0 aromatic rings. The van der Waals surface area contributed by atoms with E-state index in [1.54, 1.807) is 6.92 Å². The van der Waals surface area contributed by atoms with E-state index in [0.29, 0.717) is 12.8 Å². The topological polar surface area (TPSA) is 80.7 Å². The molecule has 1 aliphatic carbocycles. The summed E-state index contributed by atoms with van der Waals surface area (Å²) in [6, 6.07) is 0. The largest absolute Gasteiger partial charge is 0.466 e. The Bertz CT molecular complexity index is 321. The second kappa shape index (κ2) is 4.94. The van der Waals surface area contributed by atoms with E-state index >= 15 is 0 Å². The molecule has 0 aromatic carbocycles. The van der Waals surface area contributed by atoms with Crippen LogP contribution in [-0.2, 0) is 19.6 Å². The normalized spacial score (nSPS) is 27.3. The Balaban J connectivity index is 2.79. The van der Waals surface area contributed by atoms with E-state index in [4.69, 9.17) is 9.29 Å². The number of rotatable bonds is 3. The average molecular weight is 236 g/mol. The minimum absolute atomic E-state index is 0.230. The van der Waals surface area contributed by atoms with Crippen LogP contribution >= 0.6 is 0 Å². The maximum atomic E-state index is 11.5. The van der Waals surface area contributed by atoms with E-state index in [-0.39, 0.29) is 6.61 Å². The molecule has 1 saturated carbocycles. The van der Waals surface area contributed by atoms with Gasteiger partial charge in [-0.15, -0.1) is 0 Å². The summed E-state index contributed by atoms with van der Waals surface area (Å²) in [7, 11) is -4.14. The minimum Gasteiger partial charge on any atom is -0.466 e. The van der Waals surface area contributed by atoms with Crippen LogP contribution in [0.4, 0.5) is 0 Å². The number of hydrogen-bond acceptors (Lipinski definition) is 4. The third-order valence-corrected chi connectivity index (χ3v) is 4.00. The quantitative estimate of drug-likeness (QED) is 0.584. The van der Waals surface area contributed by atoms with Gasteiger partial charge >= 0.3 is 5.97 Å². The van der Waals surface area contributed by atoms with E-state index in [0.717, 1.165) is 12.8 Å². The van der Waals surface area contributed by atoms with Crippen molar-refractivity contribution in [3.63, 3.8) is 0 Å². The Morgan fingerprint density at radius 2 is 2.00 bits per heavy atom. The Labute approximate surface area is 89.6 Å². The summed E-state index contributed by atoms with van der Waals surface area (Å²) in [6.45, 7) is 1.90. The highest BCUT2D eigenvalue weighted by atomic mass is 32.2. The Morgan fingerprint density at radius 3 is 2.53 bits per heavy atom. The molecule has 1 N–H and O–H groups in total. The van der Waals surface area contributed by atoms with Gasteiger partial charge in [0.1, 0.15) is 0 Å². The first-order chi connectivity index (χ1) is 6.96. The van der Waals surface area contributed by atoms with Crippen LogP contribution in [0.3, 0.4) is 0 Å². The van der Waals surface area contributed by atoms with Gasteiger partial charge in [0.15, 0.2) is 0 Å². The number of hydrogen-bond donors (Lipinski definition) is 1. The van der Waals surface area contributed by atoms with Crippen molar-refractivity contribution in [1.29, 1.82) is 0 Å². The number of carbonyl (C=O) groups excluding carboxylic acids is 1. The first kappa shape index (κ1) is 12.4. The van der Waals surface area contributed by atoms with Crippen molar-refractivity contribution < 1.29 is 22.5 Å². The molecule has 0 saturated heterocycles. The van der Waals surface area contributed by atoms with Gasteiger partial charge in [-0.25, -0.2) is 0 Å². The van der Waals surface area contributed by atoms with Gasteiger partial charge in [-0.1, -0.05) is 12.8 Å². The second-order valence-electron chi connectivity index (χ2n) is 3.70. The highest BCUT2D eigenvalue weighted by Crippen LogP contribution is 2.30. The van der Waals surface area contributed by atoms with Crippen LogP contribution in [-0.4, -0.2) is 30.8 Å². The molecule has 2 unspecified atom stereocenters. The molecule has 0 aliphatic heterocycles. The maximum Gasteiger partial charge on any atom is 0.310 e. The molecular weight excluding hydrogens is 220 g/mol. The van der Waals surface area contributed by atoms with Gasteiger partial charge in [-0.05, 0) is 19.8 Å². The molecule has 1 fully saturated rings.